The molecule has 3 aromatic rings. The van der Waals surface area contributed by atoms with Crippen molar-refractivity contribution in [2.24, 2.45) is 0 Å². The van der Waals surface area contributed by atoms with Gasteiger partial charge in [-0.25, -0.2) is 9.78 Å². The summed E-state index contributed by atoms with van der Waals surface area (Å²) in [7, 11) is 0. The van der Waals surface area contributed by atoms with Crippen molar-refractivity contribution in [3.05, 3.63) is 34.9 Å². The van der Waals surface area contributed by atoms with Gasteiger partial charge in [0.1, 0.15) is 0 Å². The Morgan fingerprint density at radius 2 is 2.19 bits per heavy atom. The van der Waals surface area contributed by atoms with Crippen molar-refractivity contribution < 1.29 is 8.83 Å². The lowest BCUT2D eigenvalue weighted by Gasteiger charge is -1.94. The minimum absolute atomic E-state index is 0.102. The van der Waals surface area contributed by atoms with Gasteiger partial charge in [-0.1, -0.05) is 0 Å². The summed E-state index contributed by atoms with van der Waals surface area (Å²) in [5.74, 6) is 0.0486. The van der Waals surface area contributed by atoms with Crippen LogP contribution < -0.4 is 11.5 Å². The van der Waals surface area contributed by atoms with Crippen LogP contribution in [-0.2, 0) is 0 Å². The Hall–Kier alpha value is -2.50. The van der Waals surface area contributed by atoms with Crippen molar-refractivity contribution in [1.29, 1.82) is 0 Å². The molecule has 0 aliphatic carbocycles. The van der Waals surface area contributed by atoms with Gasteiger partial charge in [-0.2, -0.15) is 0 Å². The van der Waals surface area contributed by atoms with E-state index in [1.807, 2.05) is 0 Å². The molecule has 2 aromatic heterocycles. The van der Waals surface area contributed by atoms with E-state index in [0.29, 0.717) is 16.9 Å². The highest BCUT2D eigenvalue weighted by Crippen LogP contribution is 2.24. The van der Waals surface area contributed by atoms with E-state index in [0.717, 1.165) is 5.56 Å². The molecule has 16 heavy (non-hydrogen) atoms. The number of nitrogens with two attached hydrogens (primary N) is 1. The first-order valence-corrected chi connectivity index (χ1v) is 4.57. The SMILES string of the molecule is Nc1ncc(-c2ccc3[nH]c(=O)oc3c2)o1. The summed E-state index contributed by atoms with van der Waals surface area (Å²) in [4.78, 5) is 17.3. The lowest BCUT2D eigenvalue weighted by atomic mass is 10.2. The van der Waals surface area contributed by atoms with Crippen LogP contribution >= 0.6 is 0 Å². The van der Waals surface area contributed by atoms with Crippen molar-refractivity contribution >= 4 is 17.1 Å². The summed E-state index contributed by atoms with van der Waals surface area (Å²) in [6, 6.07) is 5.31. The zero-order valence-electron chi connectivity index (χ0n) is 8.06. The highest BCUT2D eigenvalue weighted by Gasteiger charge is 2.07. The molecule has 1 aromatic carbocycles. The highest BCUT2D eigenvalue weighted by atomic mass is 16.4. The Balaban J connectivity index is 2.21. The molecular weight excluding hydrogens is 210 g/mol. The summed E-state index contributed by atoms with van der Waals surface area (Å²) in [6.45, 7) is 0. The van der Waals surface area contributed by atoms with Gasteiger partial charge in [0.25, 0.3) is 6.01 Å². The van der Waals surface area contributed by atoms with E-state index in [4.69, 9.17) is 14.6 Å². The number of rotatable bonds is 1. The van der Waals surface area contributed by atoms with Gasteiger partial charge in [0.15, 0.2) is 11.3 Å². The number of nitrogen functional groups attached to an aromatic ring is 1. The van der Waals surface area contributed by atoms with E-state index in [2.05, 4.69) is 9.97 Å². The number of H-pyrrole nitrogens is 1. The molecular formula is C10H7N3O3. The van der Waals surface area contributed by atoms with E-state index < -0.39 is 5.76 Å². The average molecular weight is 217 g/mol. The quantitative estimate of drug-likeness (QED) is 0.641. The van der Waals surface area contributed by atoms with Gasteiger partial charge in [0.05, 0.1) is 11.7 Å². The third-order valence-corrected chi connectivity index (χ3v) is 2.23. The molecule has 80 valence electrons. The summed E-state index contributed by atoms with van der Waals surface area (Å²) in [5.41, 5.74) is 7.23. The van der Waals surface area contributed by atoms with E-state index in [9.17, 15) is 4.79 Å². The second-order valence-electron chi connectivity index (χ2n) is 3.29. The summed E-state index contributed by atoms with van der Waals surface area (Å²) >= 11 is 0. The van der Waals surface area contributed by atoms with Gasteiger partial charge in [-0.15, -0.1) is 0 Å². The third kappa shape index (κ3) is 1.28. The van der Waals surface area contributed by atoms with Crippen molar-refractivity contribution in [1.82, 2.24) is 9.97 Å². The molecule has 0 fully saturated rings. The van der Waals surface area contributed by atoms with E-state index in [1.54, 1.807) is 18.2 Å². The standard InChI is InChI=1S/C10H7N3O3/c11-9-12-4-8(15-9)5-1-2-6-7(3-5)16-10(14)13-6/h1-4H,(H2,11,12)(H,13,14). The maximum absolute atomic E-state index is 11.0. The maximum Gasteiger partial charge on any atom is 0.417 e. The number of anilines is 1. The molecule has 3 N–H and O–H groups in total. The highest BCUT2D eigenvalue weighted by molar-refractivity contribution is 5.78. The summed E-state index contributed by atoms with van der Waals surface area (Å²) in [6.07, 6.45) is 1.52. The average Bonchev–Trinajstić information content (AvgIpc) is 2.81. The molecule has 6 nitrogen and oxygen atoms in total. The molecule has 0 saturated carbocycles. The number of nitrogens with zero attached hydrogens (tertiary/aromatic N) is 1. The van der Waals surface area contributed by atoms with Crippen LogP contribution in [0.25, 0.3) is 22.4 Å². The zero-order valence-corrected chi connectivity index (χ0v) is 8.06. The topological polar surface area (TPSA) is 98.0 Å². The van der Waals surface area contributed by atoms with Crippen molar-refractivity contribution in [3.8, 4) is 11.3 Å². The van der Waals surface area contributed by atoms with Gasteiger partial charge in [0, 0.05) is 5.56 Å². The lowest BCUT2D eigenvalue weighted by molar-refractivity contribution is 0.555. The predicted molar refractivity (Wildman–Crippen MR) is 56.7 cm³/mol. The number of hydrogen-bond donors (Lipinski definition) is 2. The summed E-state index contributed by atoms with van der Waals surface area (Å²) in [5, 5.41) is 0. The lowest BCUT2D eigenvalue weighted by Crippen LogP contribution is -1.92. The van der Waals surface area contributed by atoms with Crippen LogP contribution in [-0.4, -0.2) is 9.97 Å². The number of oxazole rings is 2. The minimum Gasteiger partial charge on any atom is -0.424 e. The predicted octanol–water partition coefficient (Wildman–Crippen LogP) is 1.36. The first kappa shape index (κ1) is 8.78. The first-order valence-electron chi connectivity index (χ1n) is 4.57. The van der Waals surface area contributed by atoms with E-state index >= 15 is 0 Å². The van der Waals surface area contributed by atoms with Gasteiger partial charge in [-0.3, -0.25) is 4.98 Å². The molecule has 0 atom stereocenters. The molecule has 0 amide bonds. The molecule has 6 heteroatoms. The van der Waals surface area contributed by atoms with Gasteiger partial charge in [-0.05, 0) is 18.2 Å². The Bertz CT molecular complexity index is 707. The molecule has 0 aliphatic rings. The molecule has 0 unspecified atom stereocenters. The molecule has 0 spiro atoms. The molecule has 0 radical (unpaired) electrons. The van der Waals surface area contributed by atoms with Gasteiger partial charge < -0.3 is 14.6 Å². The fourth-order valence-electron chi connectivity index (χ4n) is 1.52. The molecule has 0 aliphatic heterocycles. The second kappa shape index (κ2) is 2.99. The zero-order chi connectivity index (χ0) is 11.1. The molecule has 3 rings (SSSR count). The fourth-order valence-corrected chi connectivity index (χ4v) is 1.52. The number of aromatic amines is 1. The molecule has 2 heterocycles. The van der Waals surface area contributed by atoms with E-state index in [-0.39, 0.29) is 6.01 Å². The fraction of sp³-hybridized carbons (Fsp3) is 0. The van der Waals surface area contributed by atoms with Crippen molar-refractivity contribution in [3.63, 3.8) is 0 Å². The number of benzene rings is 1. The third-order valence-electron chi connectivity index (χ3n) is 2.23. The number of nitrogens with one attached hydrogen (secondary N) is 1. The number of hydrogen-bond acceptors (Lipinski definition) is 5. The smallest absolute Gasteiger partial charge is 0.417 e. The van der Waals surface area contributed by atoms with E-state index in [1.165, 1.54) is 6.20 Å². The van der Waals surface area contributed by atoms with Gasteiger partial charge >= 0.3 is 5.76 Å². The van der Waals surface area contributed by atoms with Crippen LogP contribution in [0.4, 0.5) is 6.01 Å². The maximum atomic E-state index is 11.0. The van der Waals surface area contributed by atoms with Crippen LogP contribution in [0, 0.1) is 0 Å². The first-order chi connectivity index (χ1) is 7.72. The van der Waals surface area contributed by atoms with Crippen LogP contribution in [0.1, 0.15) is 0 Å². The Labute approximate surface area is 88.7 Å². The minimum atomic E-state index is -0.482. The Morgan fingerprint density at radius 1 is 1.31 bits per heavy atom. The van der Waals surface area contributed by atoms with Crippen molar-refractivity contribution in [2.45, 2.75) is 0 Å². The van der Waals surface area contributed by atoms with Crippen LogP contribution in [0.15, 0.2) is 38.0 Å². The molecule has 0 saturated heterocycles. The van der Waals surface area contributed by atoms with Crippen molar-refractivity contribution in [2.75, 3.05) is 5.73 Å². The Kier molecular flexibility index (Phi) is 1.64. The summed E-state index contributed by atoms with van der Waals surface area (Å²) < 4.78 is 10.1. The Morgan fingerprint density at radius 3 is 2.94 bits per heavy atom. The van der Waals surface area contributed by atoms with Crippen LogP contribution in [0.3, 0.4) is 0 Å². The van der Waals surface area contributed by atoms with Crippen LogP contribution in [0.5, 0.6) is 0 Å². The monoisotopic (exact) mass is 217 g/mol. The molecule has 0 bridgehead atoms. The largest absolute Gasteiger partial charge is 0.424 e. The second-order valence-corrected chi connectivity index (χ2v) is 3.29. The number of aromatic nitrogens is 2. The number of fused-ring (bicyclic) bond motifs is 1. The van der Waals surface area contributed by atoms with Gasteiger partial charge in [0.2, 0.25) is 0 Å². The van der Waals surface area contributed by atoms with Crippen LogP contribution in [0.2, 0.25) is 0 Å². The normalized spacial score (nSPS) is 11.0.